The molecular weight excluding hydrogens is 382 g/mol. The van der Waals surface area contributed by atoms with Crippen molar-refractivity contribution in [1.82, 2.24) is 0 Å². The lowest BCUT2D eigenvalue weighted by atomic mass is 10.1. The highest BCUT2D eigenvalue weighted by Crippen LogP contribution is 2.38. The quantitative estimate of drug-likeness (QED) is 0.626. The maximum atomic E-state index is 12.8. The summed E-state index contributed by atoms with van der Waals surface area (Å²) in [4.78, 5) is 12.8. The third-order valence-electron chi connectivity index (χ3n) is 4.00. The molecule has 6 nitrogen and oxygen atoms in total. The van der Waals surface area contributed by atoms with E-state index in [4.69, 9.17) is 30.5 Å². The van der Waals surface area contributed by atoms with Crippen LogP contribution in [0.1, 0.15) is 36.2 Å². The van der Waals surface area contributed by atoms with E-state index in [0.717, 1.165) is 12.0 Å². The lowest BCUT2D eigenvalue weighted by molar-refractivity contribution is 0.102. The molecule has 0 radical (unpaired) electrons. The molecular formula is C21H26ClNO5. The fourth-order valence-corrected chi connectivity index (χ4v) is 2.88. The maximum absolute atomic E-state index is 12.8. The zero-order valence-electron chi connectivity index (χ0n) is 16.8. The van der Waals surface area contributed by atoms with Crippen molar-refractivity contribution in [2.45, 2.75) is 27.2 Å². The Morgan fingerprint density at radius 3 is 2.29 bits per heavy atom. The van der Waals surface area contributed by atoms with Crippen LogP contribution in [0.3, 0.4) is 0 Å². The van der Waals surface area contributed by atoms with Crippen molar-refractivity contribution in [3.05, 3.63) is 40.4 Å². The highest BCUT2D eigenvalue weighted by Gasteiger charge is 2.18. The largest absolute Gasteiger partial charge is 0.493 e. The minimum absolute atomic E-state index is 0.319. The van der Waals surface area contributed by atoms with Crippen molar-refractivity contribution in [2.75, 3.05) is 32.8 Å². The first-order valence-electron chi connectivity index (χ1n) is 9.08. The number of halogens is 1. The van der Waals surface area contributed by atoms with Crippen LogP contribution in [0.5, 0.6) is 23.0 Å². The molecule has 0 bridgehead atoms. The van der Waals surface area contributed by atoms with Gasteiger partial charge in [-0.2, -0.15) is 0 Å². The number of carbonyl (C=O) groups is 1. The molecule has 2 aromatic rings. The van der Waals surface area contributed by atoms with Crippen molar-refractivity contribution < 1.29 is 23.7 Å². The van der Waals surface area contributed by atoms with Crippen LogP contribution in [0.2, 0.25) is 5.02 Å². The molecule has 0 fully saturated rings. The minimum Gasteiger partial charge on any atom is -0.493 e. The molecule has 2 rings (SSSR count). The fraction of sp³-hybridized carbons (Fsp3) is 0.381. The maximum Gasteiger partial charge on any atom is 0.255 e. The Morgan fingerprint density at radius 1 is 1.00 bits per heavy atom. The number of benzene rings is 2. The molecule has 7 heteroatoms. The van der Waals surface area contributed by atoms with Crippen molar-refractivity contribution in [3.63, 3.8) is 0 Å². The summed E-state index contributed by atoms with van der Waals surface area (Å²) < 4.78 is 21.9. The van der Waals surface area contributed by atoms with Gasteiger partial charge in [-0.3, -0.25) is 4.79 Å². The molecule has 0 aliphatic carbocycles. The van der Waals surface area contributed by atoms with E-state index in [1.54, 1.807) is 38.5 Å². The summed E-state index contributed by atoms with van der Waals surface area (Å²) in [6, 6.07) is 6.72. The van der Waals surface area contributed by atoms with Crippen LogP contribution in [0.15, 0.2) is 24.3 Å². The standard InChI is InChI=1S/C21H26ClNO5/c1-6-8-28-20-15(22)10-14(11-19(20)27-7-2)21(24)23-16-12-18(26-5)17(25-4)9-13(16)3/h9-12H,6-8H2,1-5H3,(H,23,24). The van der Waals surface area contributed by atoms with E-state index in [9.17, 15) is 4.79 Å². The van der Waals surface area contributed by atoms with E-state index < -0.39 is 0 Å². The first-order valence-corrected chi connectivity index (χ1v) is 9.46. The molecule has 28 heavy (non-hydrogen) atoms. The van der Waals surface area contributed by atoms with Gasteiger partial charge in [0, 0.05) is 17.3 Å². The van der Waals surface area contributed by atoms with Gasteiger partial charge in [-0.25, -0.2) is 0 Å². The van der Waals surface area contributed by atoms with Crippen molar-refractivity contribution in [2.24, 2.45) is 0 Å². The lowest BCUT2D eigenvalue weighted by Gasteiger charge is -2.16. The number of anilines is 1. The molecule has 0 unspecified atom stereocenters. The van der Waals surface area contributed by atoms with Gasteiger partial charge >= 0.3 is 0 Å². The molecule has 1 amide bonds. The summed E-state index contributed by atoms with van der Waals surface area (Å²) in [6.45, 7) is 6.67. The Bertz CT molecular complexity index is 838. The van der Waals surface area contributed by atoms with Gasteiger partial charge in [-0.05, 0) is 44.0 Å². The van der Waals surface area contributed by atoms with E-state index in [-0.39, 0.29) is 5.91 Å². The van der Waals surface area contributed by atoms with Crippen LogP contribution in [-0.2, 0) is 0 Å². The Balaban J connectivity index is 2.34. The molecule has 1 N–H and O–H groups in total. The number of hydrogen-bond donors (Lipinski definition) is 1. The smallest absolute Gasteiger partial charge is 0.255 e. The first kappa shape index (κ1) is 21.7. The Labute approximate surface area is 170 Å². The zero-order valence-corrected chi connectivity index (χ0v) is 17.6. The Morgan fingerprint density at radius 2 is 1.68 bits per heavy atom. The molecule has 0 aliphatic heterocycles. The summed E-state index contributed by atoms with van der Waals surface area (Å²) in [6.07, 6.45) is 0.836. The van der Waals surface area contributed by atoms with Crippen LogP contribution >= 0.6 is 11.6 Å². The topological polar surface area (TPSA) is 66.0 Å². The van der Waals surface area contributed by atoms with Crippen molar-refractivity contribution in [1.29, 1.82) is 0 Å². The van der Waals surface area contributed by atoms with Crippen LogP contribution in [0.25, 0.3) is 0 Å². The average molecular weight is 408 g/mol. The van der Waals surface area contributed by atoms with Crippen LogP contribution in [0, 0.1) is 6.92 Å². The number of carbonyl (C=O) groups excluding carboxylic acids is 1. The summed E-state index contributed by atoms with van der Waals surface area (Å²) in [7, 11) is 3.11. The molecule has 0 atom stereocenters. The fourth-order valence-electron chi connectivity index (χ4n) is 2.62. The van der Waals surface area contributed by atoms with Crippen molar-refractivity contribution in [3.8, 4) is 23.0 Å². The van der Waals surface area contributed by atoms with E-state index in [1.807, 2.05) is 20.8 Å². The zero-order chi connectivity index (χ0) is 20.7. The van der Waals surface area contributed by atoms with E-state index in [2.05, 4.69) is 5.32 Å². The summed E-state index contributed by atoms with van der Waals surface area (Å²) in [5, 5.41) is 3.21. The molecule has 0 heterocycles. The van der Waals surface area contributed by atoms with Crippen LogP contribution < -0.4 is 24.3 Å². The van der Waals surface area contributed by atoms with Gasteiger partial charge in [-0.15, -0.1) is 0 Å². The van der Waals surface area contributed by atoms with Gasteiger partial charge in [0.1, 0.15) is 0 Å². The van der Waals surface area contributed by atoms with Gasteiger partial charge in [0.25, 0.3) is 5.91 Å². The second-order valence-corrected chi connectivity index (χ2v) is 6.45. The SMILES string of the molecule is CCCOc1c(Cl)cc(C(=O)Nc2cc(OC)c(OC)cc2C)cc1OCC. The minimum atomic E-state index is -0.319. The molecule has 0 saturated heterocycles. The lowest BCUT2D eigenvalue weighted by Crippen LogP contribution is -2.14. The number of hydrogen-bond acceptors (Lipinski definition) is 5. The van der Waals surface area contributed by atoms with Gasteiger partial charge in [0.05, 0.1) is 32.5 Å². The third-order valence-corrected chi connectivity index (χ3v) is 4.28. The number of amides is 1. The Hall–Kier alpha value is -2.60. The predicted molar refractivity (Wildman–Crippen MR) is 111 cm³/mol. The number of methoxy groups -OCH3 is 2. The van der Waals surface area contributed by atoms with E-state index in [0.29, 0.717) is 52.5 Å². The first-order chi connectivity index (χ1) is 13.4. The number of aryl methyl sites for hydroxylation is 1. The molecule has 0 saturated carbocycles. The van der Waals surface area contributed by atoms with Gasteiger partial charge in [0.15, 0.2) is 23.0 Å². The Kier molecular flexibility index (Phi) is 7.81. The molecule has 0 spiro atoms. The van der Waals surface area contributed by atoms with Crippen molar-refractivity contribution >= 4 is 23.2 Å². The van der Waals surface area contributed by atoms with Crippen LogP contribution in [0.4, 0.5) is 5.69 Å². The van der Waals surface area contributed by atoms with E-state index >= 15 is 0 Å². The van der Waals surface area contributed by atoms with Gasteiger partial charge in [-0.1, -0.05) is 18.5 Å². The van der Waals surface area contributed by atoms with Crippen LogP contribution in [-0.4, -0.2) is 33.3 Å². The van der Waals surface area contributed by atoms with Gasteiger partial charge in [0.2, 0.25) is 0 Å². The molecule has 0 aromatic heterocycles. The summed E-state index contributed by atoms with van der Waals surface area (Å²) >= 11 is 6.35. The van der Waals surface area contributed by atoms with Gasteiger partial charge < -0.3 is 24.3 Å². The molecule has 2 aromatic carbocycles. The summed E-state index contributed by atoms with van der Waals surface area (Å²) in [5.74, 6) is 1.69. The highest BCUT2D eigenvalue weighted by atomic mass is 35.5. The van der Waals surface area contributed by atoms with E-state index in [1.165, 1.54) is 0 Å². The predicted octanol–water partition coefficient (Wildman–Crippen LogP) is 5.11. The molecule has 0 aliphatic rings. The second kappa shape index (κ2) is 10.1. The third kappa shape index (κ3) is 5.01. The number of ether oxygens (including phenoxy) is 4. The molecule has 152 valence electrons. The number of nitrogens with one attached hydrogen (secondary N) is 1. The monoisotopic (exact) mass is 407 g/mol. The second-order valence-electron chi connectivity index (χ2n) is 6.04. The highest BCUT2D eigenvalue weighted by molar-refractivity contribution is 6.32. The summed E-state index contributed by atoms with van der Waals surface area (Å²) in [5.41, 5.74) is 1.82. The normalized spacial score (nSPS) is 10.4. The number of rotatable bonds is 9. The average Bonchev–Trinajstić information content (AvgIpc) is 2.68.